The molecular formula is C16H25ClN4O3S. The molecule has 0 aromatic carbocycles. The third-order valence-corrected chi connectivity index (χ3v) is 7.22. The molecule has 4 aliphatic heterocycles. The van der Waals surface area contributed by atoms with Gasteiger partial charge in [0.1, 0.15) is 11.6 Å². The van der Waals surface area contributed by atoms with E-state index in [0.29, 0.717) is 25.1 Å². The van der Waals surface area contributed by atoms with E-state index in [1.165, 1.54) is 0 Å². The molecular weight excluding hydrogens is 364 g/mol. The third-order valence-electron chi connectivity index (χ3n) is 5.93. The van der Waals surface area contributed by atoms with E-state index in [2.05, 4.69) is 5.32 Å². The molecule has 4 saturated heterocycles. The van der Waals surface area contributed by atoms with Gasteiger partial charge in [-0.1, -0.05) is 0 Å². The minimum atomic E-state index is -0.759. The number of halogens is 1. The van der Waals surface area contributed by atoms with E-state index in [4.69, 9.17) is 5.73 Å². The molecule has 0 radical (unpaired) electrons. The van der Waals surface area contributed by atoms with Gasteiger partial charge in [0.05, 0.1) is 11.4 Å². The molecule has 0 aliphatic carbocycles. The van der Waals surface area contributed by atoms with Gasteiger partial charge in [-0.05, 0) is 38.6 Å². The standard InChI is InChI=1S/C16H24N4O3S.ClH/c17-13(21)11-9-24-12-8-16(15(23)20(11)12)5-1-2-7-19(16)14(22)10-4-3-6-18-10;/h10-12,18H,1-9H2,(H2,17,21);1H/t10-,11+,12+,16+;/m0./s1. The predicted molar refractivity (Wildman–Crippen MR) is 97.3 cm³/mol. The van der Waals surface area contributed by atoms with E-state index < -0.39 is 17.5 Å². The Kier molecular flexibility index (Phi) is 5.23. The van der Waals surface area contributed by atoms with Gasteiger partial charge in [0.2, 0.25) is 17.7 Å². The summed E-state index contributed by atoms with van der Waals surface area (Å²) < 4.78 is 0. The summed E-state index contributed by atoms with van der Waals surface area (Å²) in [6, 6.07) is -0.696. The lowest BCUT2D eigenvalue weighted by molar-refractivity contribution is -0.154. The Morgan fingerprint density at radius 2 is 2.08 bits per heavy atom. The van der Waals surface area contributed by atoms with Crippen LogP contribution in [0.15, 0.2) is 0 Å². The van der Waals surface area contributed by atoms with Gasteiger partial charge in [-0.3, -0.25) is 14.4 Å². The van der Waals surface area contributed by atoms with Crippen molar-refractivity contribution < 1.29 is 14.4 Å². The molecule has 4 aliphatic rings. The minimum absolute atomic E-state index is 0. The second-order valence-corrected chi connectivity index (χ2v) is 8.46. The largest absolute Gasteiger partial charge is 0.368 e. The van der Waals surface area contributed by atoms with Crippen LogP contribution in [0.1, 0.15) is 38.5 Å². The maximum Gasteiger partial charge on any atom is 0.250 e. The van der Waals surface area contributed by atoms with Crippen molar-refractivity contribution >= 4 is 41.9 Å². The number of nitrogens with one attached hydrogen (secondary N) is 1. The first-order valence-corrected chi connectivity index (χ1v) is 9.88. The highest BCUT2D eigenvalue weighted by Gasteiger charge is 2.61. The fourth-order valence-electron chi connectivity index (χ4n) is 4.70. The van der Waals surface area contributed by atoms with Crippen LogP contribution >= 0.6 is 24.2 Å². The first-order valence-electron chi connectivity index (χ1n) is 8.83. The van der Waals surface area contributed by atoms with Crippen LogP contribution in [0.3, 0.4) is 0 Å². The SMILES string of the molecule is Cl.NC(=O)[C@H]1CS[C@@H]2C[C@]3(CCCCN3C(=O)[C@@H]3CCCN3)C(=O)N12. The maximum atomic E-state index is 13.3. The Hall–Kier alpha value is -0.990. The zero-order chi connectivity index (χ0) is 16.9. The van der Waals surface area contributed by atoms with Gasteiger partial charge in [0.25, 0.3) is 0 Å². The second kappa shape index (κ2) is 6.96. The lowest BCUT2D eigenvalue weighted by atomic mass is 9.84. The Morgan fingerprint density at radius 3 is 2.76 bits per heavy atom. The number of amides is 3. The van der Waals surface area contributed by atoms with Crippen LogP contribution in [0.2, 0.25) is 0 Å². The molecule has 140 valence electrons. The molecule has 4 fully saturated rings. The van der Waals surface area contributed by atoms with Crippen molar-refractivity contribution in [3.05, 3.63) is 0 Å². The van der Waals surface area contributed by atoms with Gasteiger partial charge in [-0.2, -0.15) is 0 Å². The Morgan fingerprint density at radius 1 is 1.28 bits per heavy atom. The van der Waals surface area contributed by atoms with Gasteiger partial charge < -0.3 is 20.9 Å². The van der Waals surface area contributed by atoms with Gasteiger partial charge in [0.15, 0.2) is 0 Å². The number of hydrogen-bond acceptors (Lipinski definition) is 5. The smallest absolute Gasteiger partial charge is 0.250 e. The quantitative estimate of drug-likeness (QED) is 0.698. The molecule has 25 heavy (non-hydrogen) atoms. The molecule has 3 N–H and O–H groups in total. The molecule has 9 heteroatoms. The van der Waals surface area contributed by atoms with Crippen molar-refractivity contribution in [2.24, 2.45) is 5.73 Å². The predicted octanol–water partition coefficient (Wildman–Crippen LogP) is 0.0706. The highest BCUT2D eigenvalue weighted by molar-refractivity contribution is 8.00. The molecule has 0 bridgehead atoms. The van der Waals surface area contributed by atoms with Crippen LogP contribution in [0.25, 0.3) is 0 Å². The van der Waals surface area contributed by atoms with Crippen LogP contribution in [0.5, 0.6) is 0 Å². The van der Waals surface area contributed by atoms with Gasteiger partial charge in [-0.15, -0.1) is 24.2 Å². The summed E-state index contributed by atoms with van der Waals surface area (Å²) in [5.41, 5.74) is 4.73. The summed E-state index contributed by atoms with van der Waals surface area (Å²) in [4.78, 5) is 41.5. The zero-order valence-electron chi connectivity index (χ0n) is 14.1. The highest BCUT2D eigenvalue weighted by atomic mass is 35.5. The molecule has 0 aromatic rings. The van der Waals surface area contributed by atoms with Crippen molar-refractivity contribution in [1.82, 2.24) is 15.1 Å². The van der Waals surface area contributed by atoms with Crippen molar-refractivity contribution in [3.63, 3.8) is 0 Å². The summed E-state index contributed by atoms with van der Waals surface area (Å²) >= 11 is 1.62. The van der Waals surface area contributed by atoms with Crippen LogP contribution in [-0.4, -0.2) is 69.4 Å². The monoisotopic (exact) mass is 388 g/mol. The first-order chi connectivity index (χ1) is 11.5. The number of nitrogens with zero attached hydrogens (tertiary/aromatic N) is 2. The molecule has 0 saturated carbocycles. The second-order valence-electron chi connectivity index (χ2n) is 7.25. The van der Waals surface area contributed by atoms with Gasteiger partial charge in [-0.25, -0.2) is 0 Å². The first kappa shape index (κ1) is 18.8. The van der Waals surface area contributed by atoms with E-state index in [0.717, 1.165) is 32.2 Å². The summed E-state index contributed by atoms with van der Waals surface area (Å²) in [5, 5.41) is 3.23. The number of piperidine rings is 1. The van der Waals surface area contributed by atoms with Crippen LogP contribution < -0.4 is 11.1 Å². The number of likely N-dealkylation sites (tertiary alicyclic amines) is 1. The molecule has 4 atom stereocenters. The van der Waals surface area contributed by atoms with Crippen molar-refractivity contribution in [2.45, 2.75) is 61.5 Å². The minimum Gasteiger partial charge on any atom is -0.368 e. The number of fused-ring (bicyclic) bond motifs is 1. The number of rotatable bonds is 2. The number of nitrogens with two attached hydrogens (primary N) is 1. The molecule has 4 heterocycles. The normalized spacial score (nSPS) is 37.3. The lowest BCUT2D eigenvalue weighted by Crippen LogP contribution is -2.62. The molecule has 4 rings (SSSR count). The number of thioether (sulfide) groups is 1. The number of primary amides is 1. The van der Waals surface area contributed by atoms with Crippen LogP contribution in [0.4, 0.5) is 0 Å². The highest BCUT2D eigenvalue weighted by Crippen LogP contribution is 2.48. The number of hydrogen-bond donors (Lipinski definition) is 2. The van der Waals surface area contributed by atoms with Crippen LogP contribution in [0, 0.1) is 0 Å². The number of carbonyl (C=O) groups is 3. The fraction of sp³-hybridized carbons (Fsp3) is 0.812. The molecule has 3 amide bonds. The van der Waals surface area contributed by atoms with Gasteiger partial charge in [0, 0.05) is 18.7 Å². The van der Waals surface area contributed by atoms with Crippen molar-refractivity contribution in [3.8, 4) is 0 Å². The van der Waals surface area contributed by atoms with Crippen molar-refractivity contribution in [2.75, 3.05) is 18.8 Å². The van der Waals surface area contributed by atoms with Crippen LogP contribution in [-0.2, 0) is 14.4 Å². The Balaban J connectivity index is 0.00000182. The number of carbonyl (C=O) groups excluding carboxylic acids is 3. The third kappa shape index (κ3) is 2.82. The Bertz CT molecular complexity index is 586. The van der Waals surface area contributed by atoms with E-state index in [-0.39, 0.29) is 35.6 Å². The fourth-order valence-corrected chi connectivity index (χ4v) is 6.23. The van der Waals surface area contributed by atoms with E-state index in [9.17, 15) is 14.4 Å². The summed E-state index contributed by atoms with van der Waals surface area (Å²) in [7, 11) is 0. The average Bonchev–Trinajstić information content (AvgIpc) is 3.27. The van der Waals surface area contributed by atoms with Gasteiger partial charge >= 0.3 is 0 Å². The summed E-state index contributed by atoms with van der Waals surface area (Å²) in [5.74, 6) is 0.121. The average molecular weight is 389 g/mol. The van der Waals surface area contributed by atoms with E-state index in [1.807, 2.05) is 4.90 Å². The lowest BCUT2D eigenvalue weighted by Gasteiger charge is -2.44. The Labute approximate surface area is 157 Å². The van der Waals surface area contributed by atoms with E-state index in [1.54, 1.807) is 16.7 Å². The summed E-state index contributed by atoms with van der Waals surface area (Å²) in [6.07, 6.45) is 5.04. The maximum absolute atomic E-state index is 13.3. The molecule has 1 spiro atoms. The zero-order valence-corrected chi connectivity index (χ0v) is 15.7. The topological polar surface area (TPSA) is 95.7 Å². The van der Waals surface area contributed by atoms with E-state index >= 15 is 0 Å². The molecule has 7 nitrogen and oxygen atoms in total. The molecule has 0 aromatic heterocycles. The summed E-state index contributed by atoms with van der Waals surface area (Å²) in [6.45, 7) is 1.49. The molecule has 0 unspecified atom stereocenters. The van der Waals surface area contributed by atoms with Crippen molar-refractivity contribution in [1.29, 1.82) is 0 Å².